The maximum Gasteiger partial charge on any atom is 0.306 e. The zero-order valence-electron chi connectivity index (χ0n) is 8.29. The summed E-state index contributed by atoms with van der Waals surface area (Å²) in [6.45, 7) is 5.52. The summed E-state index contributed by atoms with van der Waals surface area (Å²) in [4.78, 5) is 10.6. The maximum absolute atomic E-state index is 10.6. The van der Waals surface area contributed by atoms with Gasteiger partial charge in [0.2, 0.25) is 0 Å². The number of ether oxygens (including phenoxy) is 1. The van der Waals surface area contributed by atoms with Crippen LogP contribution >= 0.6 is 0 Å². The van der Waals surface area contributed by atoms with Gasteiger partial charge in [-0.05, 0) is 12.8 Å². The summed E-state index contributed by atoms with van der Waals surface area (Å²) in [6.07, 6.45) is 3.75. The molecule has 0 aliphatic carbocycles. The van der Waals surface area contributed by atoms with Crippen LogP contribution in [0.2, 0.25) is 0 Å². The molecule has 0 amide bonds. The molecular weight excluding hydrogens is 182 g/mol. The second-order valence-corrected chi connectivity index (χ2v) is 3.64. The number of allylic oxidation sites excluding steroid dienone is 1. The highest BCUT2D eigenvalue weighted by atomic mass is 16.5. The number of aliphatic carboxylic acids is 1. The van der Waals surface area contributed by atoms with Crippen molar-refractivity contribution in [1.82, 2.24) is 5.32 Å². The lowest BCUT2D eigenvalue weighted by molar-refractivity contribution is -0.150. The quantitative estimate of drug-likeness (QED) is 0.470. The third kappa shape index (κ3) is 3.12. The molecule has 1 aliphatic rings. The van der Waals surface area contributed by atoms with Gasteiger partial charge in [0.1, 0.15) is 5.60 Å². The molecule has 0 aromatic rings. The van der Waals surface area contributed by atoms with Crippen molar-refractivity contribution in [1.29, 1.82) is 0 Å². The Bertz CT molecular complexity index is 211. The molecule has 0 aromatic carbocycles. The first kappa shape index (κ1) is 11.2. The van der Waals surface area contributed by atoms with E-state index in [2.05, 4.69) is 11.9 Å². The third-order valence-electron chi connectivity index (χ3n) is 2.33. The van der Waals surface area contributed by atoms with Crippen molar-refractivity contribution in [2.75, 3.05) is 19.7 Å². The number of hydrogen-bond acceptors (Lipinski definition) is 3. The molecule has 0 atom stereocenters. The van der Waals surface area contributed by atoms with Crippen LogP contribution in [-0.4, -0.2) is 36.4 Å². The van der Waals surface area contributed by atoms with Gasteiger partial charge in [-0.1, -0.05) is 6.08 Å². The first-order valence-electron chi connectivity index (χ1n) is 4.86. The van der Waals surface area contributed by atoms with Crippen LogP contribution in [0.25, 0.3) is 0 Å². The van der Waals surface area contributed by atoms with Crippen LogP contribution < -0.4 is 5.32 Å². The van der Waals surface area contributed by atoms with E-state index < -0.39 is 11.6 Å². The molecule has 0 bridgehead atoms. The Morgan fingerprint density at radius 3 is 2.79 bits per heavy atom. The molecule has 2 N–H and O–H groups in total. The average Bonchev–Trinajstić information content (AvgIpc) is 2.07. The fourth-order valence-electron chi connectivity index (χ4n) is 1.47. The lowest BCUT2D eigenvalue weighted by atomic mass is 9.93. The normalized spacial score (nSPS) is 18.6. The van der Waals surface area contributed by atoms with Crippen LogP contribution in [-0.2, 0) is 9.53 Å². The largest absolute Gasteiger partial charge is 0.481 e. The van der Waals surface area contributed by atoms with Crippen molar-refractivity contribution in [3.05, 3.63) is 12.7 Å². The van der Waals surface area contributed by atoms with Gasteiger partial charge in [0, 0.05) is 19.7 Å². The van der Waals surface area contributed by atoms with Gasteiger partial charge in [0.05, 0.1) is 6.42 Å². The van der Waals surface area contributed by atoms with Crippen LogP contribution in [0.3, 0.4) is 0 Å². The lowest BCUT2D eigenvalue weighted by Gasteiger charge is -2.41. The minimum atomic E-state index is -0.796. The highest BCUT2D eigenvalue weighted by Gasteiger charge is 2.39. The van der Waals surface area contributed by atoms with Gasteiger partial charge in [0.25, 0.3) is 0 Å². The molecule has 0 spiro atoms. The SMILES string of the molecule is C=CCCCOC1(CC(=O)O)CNC1. The van der Waals surface area contributed by atoms with Gasteiger partial charge in [-0.3, -0.25) is 4.79 Å². The summed E-state index contributed by atoms with van der Waals surface area (Å²) in [5.74, 6) is -0.796. The van der Waals surface area contributed by atoms with Crippen molar-refractivity contribution in [2.24, 2.45) is 0 Å². The van der Waals surface area contributed by atoms with E-state index >= 15 is 0 Å². The second-order valence-electron chi connectivity index (χ2n) is 3.64. The summed E-state index contributed by atoms with van der Waals surface area (Å²) >= 11 is 0. The van der Waals surface area contributed by atoms with Gasteiger partial charge in [-0.25, -0.2) is 0 Å². The van der Waals surface area contributed by atoms with E-state index in [1.165, 1.54) is 0 Å². The van der Waals surface area contributed by atoms with Crippen molar-refractivity contribution >= 4 is 5.97 Å². The van der Waals surface area contributed by atoms with Gasteiger partial charge in [-0.2, -0.15) is 0 Å². The molecule has 1 aliphatic heterocycles. The van der Waals surface area contributed by atoms with Crippen LogP contribution in [0.4, 0.5) is 0 Å². The summed E-state index contributed by atoms with van der Waals surface area (Å²) in [6, 6.07) is 0. The minimum Gasteiger partial charge on any atom is -0.481 e. The number of carboxylic acid groups (broad SMARTS) is 1. The van der Waals surface area contributed by atoms with Gasteiger partial charge >= 0.3 is 5.97 Å². The Morgan fingerprint density at radius 2 is 2.36 bits per heavy atom. The molecule has 1 heterocycles. The van der Waals surface area contributed by atoms with E-state index in [9.17, 15) is 4.79 Å². The Kier molecular flexibility index (Phi) is 4.10. The predicted molar refractivity (Wildman–Crippen MR) is 53.2 cm³/mol. The number of carbonyl (C=O) groups is 1. The van der Waals surface area contributed by atoms with Crippen LogP contribution in [0.1, 0.15) is 19.3 Å². The molecule has 14 heavy (non-hydrogen) atoms. The first-order valence-corrected chi connectivity index (χ1v) is 4.86. The van der Waals surface area contributed by atoms with Crippen molar-refractivity contribution < 1.29 is 14.6 Å². The Labute approximate surface area is 83.9 Å². The maximum atomic E-state index is 10.6. The molecule has 1 fully saturated rings. The molecule has 0 unspecified atom stereocenters. The third-order valence-corrected chi connectivity index (χ3v) is 2.33. The topological polar surface area (TPSA) is 58.6 Å². The van der Waals surface area contributed by atoms with Crippen LogP contribution in [0.15, 0.2) is 12.7 Å². The molecule has 4 heteroatoms. The fraction of sp³-hybridized carbons (Fsp3) is 0.700. The zero-order valence-corrected chi connectivity index (χ0v) is 8.29. The van der Waals surface area contributed by atoms with E-state index in [0.717, 1.165) is 12.8 Å². The Hall–Kier alpha value is -0.870. The Morgan fingerprint density at radius 1 is 1.64 bits per heavy atom. The van der Waals surface area contributed by atoms with Crippen molar-refractivity contribution in [3.63, 3.8) is 0 Å². The van der Waals surface area contributed by atoms with E-state index in [0.29, 0.717) is 19.7 Å². The van der Waals surface area contributed by atoms with E-state index in [-0.39, 0.29) is 6.42 Å². The molecule has 1 rings (SSSR count). The van der Waals surface area contributed by atoms with Gasteiger partial charge in [0.15, 0.2) is 0 Å². The van der Waals surface area contributed by atoms with Crippen molar-refractivity contribution in [3.8, 4) is 0 Å². The highest BCUT2D eigenvalue weighted by Crippen LogP contribution is 2.21. The van der Waals surface area contributed by atoms with Gasteiger partial charge in [-0.15, -0.1) is 6.58 Å². The predicted octanol–water partition coefficient (Wildman–Crippen LogP) is 0.786. The highest BCUT2D eigenvalue weighted by molar-refractivity contribution is 5.68. The summed E-state index contributed by atoms with van der Waals surface area (Å²) in [5, 5.41) is 11.7. The molecule has 1 saturated heterocycles. The van der Waals surface area contributed by atoms with Crippen LogP contribution in [0, 0.1) is 0 Å². The number of unbranched alkanes of at least 4 members (excludes halogenated alkanes) is 1. The number of nitrogens with one attached hydrogen (secondary N) is 1. The Balaban J connectivity index is 2.23. The minimum absolute atomic E-state index is 0.0914. The van der Waals surface area contributed by atoms with Crippen molar-refractivity contribution in [2.45, 2.75) is 24.9 Å². The first-order chi connectivity index (χ1) is 6.68. The zero-order chi connectivity index (χ0) is 10.4. The van der Waals surface area contributed by atoms with Crippen LogP contribution in [0.5, 0.6) is 0 Å². The lowest BCUT2D eigenvalue weighted by Crippen LogP contribution is -2.62. The number of carboxylic acids is 1. The van der Waals surface area contributed by atoms with Gasteiger partial charge < -0.3 is 15.2 Å². The molecule has 4 nitrogen and oxygen atoms in total. The summed E-state index contributed by atoms with van der Waals surface area (Å²) < 4.78 is 5.59. The molecule has 80 valence electrons. The van der Waals surface area contributed by atoms with E-state index in [1.54, 1.807) is 0 Å². The van der Waals surface area contributed by atoms with E-state index in [1.807, 2.05) is 6.08 Å². The van der Waals surface area contributed by atoms with E-state index in [4.69, 9.17) is 9.84 Å². The standard InChI is InChI=1S/C10H17NO3/c1-2-3-4-5-14-10(6-9(12)13)7-11-8-10/h2,11H,1,3-8H2,(H,12,13). The molecule has 0 radical (unpaired) electrons. The second kappa shape index (κ2) is 5.12. The fourth-order valence-corrected chi connectivity index (χ4v) is 1.47. The number of hydrogen-bond donors (Lipinski definition) is 2. The number of rotatable bonds is 7. The smallest absolute Gasteiger partial charge is 0.306 e. The molecular formula is C10H17NO3. The summed E-state index contributed by atoms with van der Waals surface area (Å²) in [5.41, 5.74) is -0.451. The average molecular weight is 199 g/mol. The monoisotopic (exact) mass is 199 g/mol. The molecule has 0 saturated carbocycles. The summed E-state index contributed by atoms with van der Waals surface area (Å²) in [7, 11) is 0. The molecule has 0 aromatic heterocycles.